The highest BCUT2D eigenvalue weighted by atomic mass is 16.5. The average Bonchev–Trinajstić information content (AvgIpc) is 2.54. The maximum atomic E-state index is 12.1. The molecule has 0 radical (unpaired) electrons. The number of piperidine rings is 1. The molecule has 1 aliphatic rings. The molecule has 5 heteroatoms. The Bertz CT molecular complexity index is 506. The van der Waals surface area contributed by atoms with Crippen molar-refractivity contribution in [1.82, 2.24) is 4.90 Å². The molecular weight excluding hydrogens is 280 g/mol. The Morgan fingerprint density at radius 1 is 1.41 bits per heavy atom. The Labute approximate surface area is 132 Å². The van der Waals surface area contributed by atoms with Gasteiger partial charge < -0.3 is 20.1 Å². The smallest absolute Gasteiger partial charge is 0.223 e. The summed E-state index contributed by atoms with van der Waals surface area (Å²) in [6, 6.07) is 7.92. The summed E-state index contributed by atoms with van der Waals surface area (Å²) in [6.45, 7) is 4.19. The van der Waals surface area contributed by atoms with Crippen molar-refractivity contribution in [3.63, 3.8) is 0 Å². The molecule has 0 unspecified atom stereocenters. The number of nitrogens with zero attached hydrogens (tertiary/aromatic N) is 1. The van der Waals surface area contributed by atoms with Crippen molar-refractivity contribution in [2.24, 2.45) is 5.73 Å². The molecule has 2 N–H and O–H groups in total. The van der Waals surface area contributed by atoms with Crippen LogP contribution in [-0.2, 0) is 9.53 Å². The standard InChI is InChI=1S/C17H26N2O3/c1-14-6-3-4-7-15(14)22-13-17(21-2)9-5-11-19(12-17)16(20)8-10-18/h3-4,6-7H,5,8-13,18H2,1-2H3/t17-/m0/s1. The molecule has 1 amide bonds. The van der Waals surface area contributed by atoms with Crippen LogP contribution in [0.5, 0.6) is 5.75 Å². The van der Waals surface area contributed by atoms with Gasteiger partial charge in [-0.3, -0.25) is 4.79 Å². The first-order valence-corrected chi connectivity index (χ1v) is 7.82. The van der Waals surface area contributed by atoms with Crippen LogP contribution in [0.4, 0.5) is 0 Å². The highest BCUT2D eigenvalue weighted by Gasteiger charge is 2.38. The van der Waals surface area contributed by atoms with Gasteiger partial charge in [0.15, 0.2) is 0 Å². The Balaban J connectivity index is 2.02. The van der Waals surface area contributed by atoms with E-state index in [1.165, 1.54) is 0 Å². The fraction of sp³-hybridized carbons (Fsp3) is 0.588. The molecule has 5 nitrogen and oxygen atoms in total. The number of para-hydroxylation sites is 1. The highest BCUT2D eigenvalue weighted by molar-refractivity contribution is 5.76. The third-order valence-corrected chi connectivity index (χ3v) is 4.27. The number of hydrogen-bond acceptors (Lipinski definition) is 4. The summed E-state index contributed by atoms with van der Waals surface area (Å²) in [6.07, 6.45) is 2.20. The van der Waals surface area contributed by atoms with Gasteiger partial charge in [-0.1, -0.05) is 18.2 Å². The van der Waals surface area contributed by atoms with E-state index in [9.17, 15) is 4.79 Å². The summed E-state index contributed by atoms with van der Waals surface area (Å²) >= 11 is 0. The minimum Gasteiger partial charge on any atom is -0.490 e. The molecular formula is C17H26N2O3. The zero-order valence-electron chi connectivity index (χ0n) is 13.5. The molecule has 0 aromatic heterocycles. The Morgan fingerprint density at radius 3 is 2.86 bits per heavy atom. The number of carbonyl (C=O) groups excluding carboxylic acids is 1. The summed E-state index contributed by atoms with van der Waals surface area (Å²) in [5.41, 5.74) is 6.14. The summed E-state index contributed by atoms with van der Waals surface area (Å²) in [7, 11) is 1.69. The Hall–Kier alpha value is -1.59. The van der Waals surface area contributed by atoms with Crippen molar-refractivity contribution in [2.75, 3.05) is 33.4 Å². The van der Waals surface area contributed by atoms with Crippen molar-refractivity contribution in [1.29, 1.82) is 0 Å². The molecule has 22 heavy (non-hydrogen) atoms. The minimum atomic E-state index is -0.440. The number of methoxy groups -OCH3 is 1. The SMILES string of the molecule is CO[C@@]1(COc2ccccc2C)CCCN(C(=O)CCN)C1. The lowest BCUT2D eigenvalue weighted by atomic mass is 9.93. The van der Waals surface area contributed by atoms with Crippen LogP contribution in [0.2, 0.25) is 0 Å². The van der Waals surface area contributed by atoms with E-state index in [-0.39, 0.29) is 5.91 Å². The van der Waals surface area contributed by atoms with E-state index in [0.717, 1.165) is 30.7 Å². The van der Waals surface area contributed by atoms with Gasteiger partial charge in [0.25, 0.3) is 0 Å². The van der Waals surface area contributed by atoms with Gasteiger partial charge in [-0.2, -0.15) is 0 Å². The topological polar surface area (TPSA) is 64.8 Å². The zero-order valence-corrected chi connectivity index (χ0v) is 13.5. The lowest BCUT2D eigenvalue weighted by molar-refractivity contribution is -0.143. The molecule has 122 valence electrons. The van der Waals surface area contributed by atoms with Gasteiger partial charge in [0.2, 0.25) is 5.91 Å². The molecule has 1 atom stereocenters. The van der Waals surface area contributed by atoms with E-state index < -0.39 is 5.60 Å². The number of aryl methyl sites for hydroxylation is 1. The fourth-order valence-electron chi connectivity index (χ4n) is 2.86. The van der Waals surface area contributed by atoms with Crippen molar-refractivity contribution in [3.8, 4) is 5.75 Å². The van der Waals surface area contributed by atoms with Gasteiger partial charge in [-0.25, -0.2) is 0 Å². The number of amides is 1. The van der Waals surface area contributed by atoms with Crippen LogP contribution in [-0.4, -0.2) is 49.8 Å². The second kappa shape index (κ2) is 7.61. The van der Waals surface area contributed by atoms with E-state index in [0.29, 0.717) is 26.1 Å². The quantitative estimate of drug-likeness (QED) is 0.869. The number of hydrogen-bond donors (Lipinski definition) is 1. The van der Waals surface area contributed by atoms with Gasteiger partial charge in [0, 0.05) is 26.6 Å². The van der Waals surface area contributed by atoms with E-state index in [2.05, 4.69) is 0 Å². The van der Waals surface area contributed by atoms with Crippen LogP contribution in [0.1, 0.15) is 24.8 Å². The average molecular weight is 306 g/mol. The maximum Gasteiger partial charge on any atom is 0.223 e. The van der Waals surface area contributed by atoms with Gasteiger partial charge in [0.1, 0.15) is 18.0 Å². The van der Waals surface area contributed by atoms with Crippen LogP contribution in [0.3, 0.4) is 0 Å². The number of rotatable bonds is 6. The van der Waals surface area contributed by atoms with Crippen LogP contribution in [0.25, 0.3) is 0 Å². The second-order valence-corrected chi connectivity index (χ2v) is 5.90. The van der Waals surface area contributed by atoms with Gasteiger partial charge in [0.05, 0.1) is 6.54 Å². The highest BCUT2D eigenvalue weighted by Crippen LogP contribution is 2.27. The first-order chi connectivity index (χ1) is 10.6. The number of ether oxygens (including phenoxy) is 2. The monoisotopic (exact) mass is 306 g/mol. The lowest BCUT2D eigenvalue weighted by Gasteiger charge is -2.41. The predicted octanol–water partition coefficient (Wildman–Crippen LogP) is 1.73. The maximum absolute atomic E-state index is 12.1. The summed E-state index contributed by atoms with van der Waals surface area (Å²) in [4.78, 5) is 13.9. The molecule has 1 saturated heterocycles. The largest absolute Gasteiger partial charge is 0.490 e. The van der Waals surface area contributed by atoms with Crippen molar-refractivity contribution >= 4 is 5.91 Å². The first kappa shape index (κ1) is 16.8. The van der Waals surface area contributed by atoms with Crippen LogP contribution in [0.15, 0.2) is 24.3 Å². The van der Waals surface area contributed by atoms with E-state index in [1.807, 2.05) is 36.1 Å². The van der Waals surface area contributed by atoms with Gasteiger partial charge in [-0.15, -0.1) is 0 Å². The molecule has 0 bridgehead atoms. The Kier molecular flexibility index (Phi) is 5.80. The van der Waals surface area contributed by atoms with Crippen molar-refractivity contribution in [3.05, 3.63) is 29.8 Å². The minimum absolute atomic E-state index is 0.0968. The first-order valence-electron chi connectivity index (χ1n) is 7.82. The molecule has 1 aromatic rings. The number of benzene rings is 1. The molecule has 1 aliphatic heterocycles. The van der Waals surface area contributed by atoms with E-state index >= 15 is 0 Å². The molecule has 1 fully saturated rings. The van der Waals surface area contributed by atoms with Gasteiger partial charge >= 0.3 is 0 Å². The predicted molar refractivity (Wildman–Crippen MR) is 85.9 cm³/mol. The molecule has 1 aromatic carbocycles. The summed E-state index contributed by atoms with van der Waals surface area (Å²) < 4.78 is 11.7. The third-order valence-electron chi connectivity index (χ3n) is 4.27. The molecule has 0 saturated carbocycles. The van der Waals surface area contributed by atoms with Crippen molar-refractivity contribution in [2.45, 2.75) is 31.8 Å². The molecule has 0 spiro atoms. The van der Waals surface area contributed by atoms with Gasteiger partial charge in [-0.05, 0) is 31.4 Å². The Morgan fingerprint density at radius 2 is 2.18 bits per heavy atom. The molecule has 2 rings (SSSR count). The second-order valence-electron chi connectivity index (χ2n) is 5.90. The summed E-state index contributed by atoms with van der Waals surface area (Å²) in [5.74, 6) is 0.962. The van der Waals surface area contributed by atoms with Crippen molar-refractivity contribution < 1.29 is 14.3 Å². The third kappa shape index (κ3) is 3.99. The number of nitrogens with two attached hydrogens (primary N) is 1. The molecule has 0 aliphatic carbocycles. The van der Waals surface area contributed by atoms with Crippen LogP contribution in [0, 0.1) is 6.92 Å². The summed E-state index contributed by atoms with van der Waals surface area (Å²) in [5, 5.41) is 0. The van der Waals surface area contributed by atoms with Crippen LogP contribution >= 0.6 is 0 Å². The number of likely N-dealkylation sites (tertiary alicyclic amines) is 1. The fourth-order valence-corrected chi connectivity index (χ4v) is 2.86. The zero-order chi connectivity index (χ0) is 16.0. The normalized spacial score (nSPS) is 21.7. The van der Waals surface area contributed by atoms with Crippen LogP contribution < -0.4 is 10.5 Å². The van der Waals surface area contributed by atoms with E-state index in [1.54, 1.807) is 7.11 Å². The molecule has 1 heterocycles. The lowest BCUT2D eigenvalue weighted by Crippen LogP contribution is -2.54. The number of carbonyl (C=O) groups is 1. The van der Waals surface area contributed by atoms with E-state index in [4.69, 9.17) is 15.2 Å².